The molecule has 0 aliphatic heterocycles. The molecule has 4 nitrogen and oxygen atoms in total. The van der Waals surface area contributed by atoms with Crippen LogP contribution in [0, 0.1) is 12.3 Å². The minimum absolute atomic E-state index is 0.626. The van der Waals surface area contributed by atoms with E-state index in [2.05, 4.69) is 15.9 Å². The molecule has 0 bridgehead atoms. The molecule has 2 aromatic heterocycles. The largest absolute Gasteiger partial charge is 0.291 e. The van der Waals surface area contributed by atoms with Gasteiger partial charge < -0.3 is 0 Å². The average Bonchev–Trinajstić information content (AvgIpc) is 2.59. The highest BCUT2D eigenvalue weighted by Gasteiger charge is 2.04. The van der Waals surface area contributed by atoms with Crippen molar-refractivity contribution in [3.05, 3.63) is 30.4 Å². The Morgan fingerprint density at radius 2 is 2.47 bits per heavy atom. The van der Waals surface area contributed by atoms with Crippen LogP contribution in [0.2, 0.25) is 0 Å². The summed E-state index contributed by atoms with van der Waals surface area (Å²) in [6, 6.07) is 1.88. The first-order valence-corrected chi connectivity index (χ1v) is 4.70. The molecule has 0 spiro atoms. The fourth-order valence-electron chi connectivity index (χ4n) is 1.44. The smallest absolute Gasteiger partial charge is 0.233 e. The number of nitrogens with zero attached hydrogens (tertiary/aromatic N) is 4. The van der Waals surface area contributed by atoms with Crippen LogP contribution >= 0.6 is 0 Å². The highest BCUT2D eigenvalue weighted by atomic mass is 15.1. The predicted octanol–water partition coefficient (Wildman–Crippen LogP) is 0.794. The molecule has 0 amide bonds. The van der Waals surface area contributed by atoms with E-state index >= 15 is 0 Å². The molecule has 0 saturated heterocycles. The van der Waals surface area contributed by atoms with Crippen molar-refractivity contribution in [2.24, 2.45) is 0 Å². The zero-order valence-electron chi connectivity index (χ0n) is 8.59. The lowest BCUT2D eigenvalue weighted by Gasteiger charge is -2.09. The summed E-state index contributed by atoms with van der Waals surface area (Å²) in [7, 11) is 1.97. The second-order valence-electron chi connectivity index (χ2n) is 3.44. The Morgan fingerprint density at radius 1 is 1.60 bits per heavy atom. The summed E-state index contributed by atoms with van der Waals surface area (Å²) in [5.41, 5.74) is 0.978. The molecule has 0 N–H and O–H groups in total. The molecule has 76 valence electrons. The van der Waals surface area contributed by atoms with Gasteiger partial charge in [0.15, 0.2) is 0 Å². The van der Waals surface area contributed by atoms with E-state index in [-0.39, 0.29) is 0 Å². The molecule has 2 heterocycles. The van der Waals surface area contributed by atoms with Crippen LogP contribution in [-0.4, -0.2) is 32.9 Å². The van der Waals surface area contributed by atoms with Gasteiger partial charge in [0.05, 0.1) is 12.2 Å². The lowest BCUT2D eigenvalue weighted by atomic mass is 10.4. The second kappa shape index (κ2) is 4.11. The molecule has 2 aromatic rings. The van der Waals surface area contributed by atoms with E-state index in [1.54, 1.807) is 6.20 Å². The fraction of sp³-hybridized carbons (Fsp3) is 0.273. The van der Waals surface area contributed by atoms with E-state index in [4.69, 9.17) is 6.42 Å². The maximum atomic E-state index is 5.23. The summed E-state index contributed by atoms with van der Waals surface area (Å²) in [5, 5.41) is 0. The molecule has 15 heavy (non-hydrogen) atoms. The van der Waals surface area contributed by atoms with Gasteiger partial charge in [-0.2, -0.15) is 0 Å². The Balaban J connectivity index is 2.19. The quantitative estimate of drug-likeness (QED) is 0.687. The van der Waals surface area contributed by atoms with Crippen molar-refractivity contribution in [1.29, 1.82) is 0 Å². The maximum absolute atomic E-state index is 5.23. The average molecular weight is 200 g/mol. The molecule has 0 aliphatic carbocycles. The standard InChI is InChI=1S/C11H12N4/c1-3-6-14(2)8-10-9-15-7-4-5-12-11(15)13-10/h1,4-5,7,9H,6,8H2,2H3. The van der Waals surface area contributed by atoms with Gasteiger partial charge in [-0.15, -0.1) is 6.42 Å². The third kappa shape index (κ3) is 2.14. The minimum Gasteiger partial charge on any atom is -0.291 e. The zero-order chi connectivity index (χ0) is 10.7. The molecule has 0 fully saturated rings. The van der Waals surface area contributed by atoms with Crippen LogP contribution in [0.15, 0.2) is 24.7 Å². The van der Waals surface area contributed by atoms with Gasteiger partial charge in [-0.1, -0.05) is 5.92 Å². The number of hydrogen-bond acceptors (Lipinski definition) is 3. The molecular weight excluding hydrogens is 188 g/mol. The van der Waals surface area contributed by atoms with Crippen molar-refractivity contribution in [2.45, 2.75) is 6.54 Å². The van der Waals surface area contributed by atoms with Crippen molar-refractivity contribution in [1.82, 2.24) is 19.3 Å². The first-order chi connectivity index (χ1) is 7.29. The Labute approximate surface area is 88.6 Å². The van der Waals surface area contributed by atoms with Crippen LogP contribution in [0.25, 0.3) is 5.78 Å². The summed E-state index contributed by atoms with van der Waals surface area (Å²) in [6.07, 6.45) is 10.9. The van der Waals surface area contributed by atoms with Gasteiger partial charge in [-0.25, -0.2) is 9.97 Å². The highest BCUT2D eigenvalue weighted by molar-refractivity contribution is 5.29. The number of hydrogen-bond donors (Lipinski definition) is 0. The lowest BCUT2D eigenvalue weighted by Crippen LogP contribution is -2.17. The first kappa shape index (κ1) is 9.69. The van der Waals surface area contributed by atoms with Crippen molar-refractivity contribution in [3.63, 3.8) is 0 Å². The van der Waals surface area contributed by atoms with Crippen molar-refractivity contribution >= 4 is 5.78 Å². The Hall–Kier alpha value is -1.86. The van der Waals surface area contributed by atoms with E-state index in [1.807, 2.05) is 34.8 Å². The molecule has 0 atom stereocenters. The molecule has 0 radical (unpaired) electrons. The van der Waals surface area contributed by atoms with Crippen LogP contribution in [0.5, 0.6) is 0 Å². The zero-order valence-corrected chi connectivity index (χ0v) is 8.59. The van der Waals surface area contributed by atoms with Crippen LogP contribution in [0.3, 0.4) is 0 Å². The van der Waals surface area contributed by atoms with E-state index in [0.29, 0.717) is 6.54 Å². The van der Waals surface area contributed by atoms with Crippen molar-refractivity contribution in [3.8, 4) is 12.3 Å². The second-order valence-corrected chi connectivity index (χ2v) is 3.44. The normalized spacial score (nSPS) is 10.7. The van der Waals surface area contributed by atoms with E-state index in [1.165, 1.54) is 0 Å². The van der Waals surface area contributed by atoms with Crippen LogP contribution in [-0.2, 0) is 6.54 Å². The number of aromatic nitrogens is 3. The Morgan fingerprint density at radius 3 is 3.20 bits per heavy atom. The molecule has 0 aliphatic rings. The van der Waals surface area contributed by atoms with Gasteiger partial charge in [0, 0.05) is 25.1 Å². The highest BCUT2D eigenvalue weighted by Crippen LogP contribution is 2.03. The monoisotopic (exact) mass is 200 g/mol. The van der Waals surface area contributed by atoms with E-state index in [0.717, 1.165) is 18.0 Å². The SMILES string of the molecule is C#CCN(C)Cc1cn2cccnc2n1. The van der Waals surface area contributed by atoms with Crippen molar-refractivity contribution in [2.75, 3.05) is 13.6 Å². The van der Waals surface area contributed by atoms with E-state index in [9.17, 15) is 0 Å². The van der Waals surface area contributed by atoms with Crippen LogP contribution in [0.1, 0.15) is 5.69 Å². The van der Waals surface area contributed by atoms with Crippen LogP contribution < -0.4 is 0 Å². The maximum Gasteiger partial charge on any atom is 0.233 e. The Kier molecular flexibility index (Phi) is 2.66. The Bertz CT molecular complexity index is 462. The van der Waals surface area contributed by atoms with E-state index < -0.39 is 0 Å². The van der Waals surface area contributed by atoms with Gasteiger partial charge in [-0.05, 0) is 13.1 Å². The third-order valence-electron chi connectivity index (χ3n) is 2.08. The summed E-state index contributed by atoms with van der Waals surface area (Å²) >= 11 is 0. The summed E-state index contributed by atoms with van der Waals surface area (Å²) in [5.74, 6) is 3.32. The third-order valence-corrected chi connectivity index (χ3v) is 2.08. The lowest BCUT2D eigenvalue weighted by molar-refractivity contribution is 0.365. The van der Waals surface area contributed by atoms with Crippen molar-refractivity contribution < 1.29 is 0 Å². The first-order valence-electron chi connectivity index (χ1n) is 4.70. The minimum atomic E-state index is 0.626. The van der Waals surface area contributed by atoms with Gasteiger partial charge in [0.25, 0.3) is 0 Å². The summed E-state index contributed by atoms with van der Waals surface area (Å²) in [6.45, 7) is 1.37. The molecule has 0 saturated carbocycles. The molecule has 4 heteroatoms. The van der Waals surface area contributed by atoms with Gasteiger partial charge in [0.1, 0.15) is 0 Å². The van der Waals surface area contributed by atoms with Gasteiger partial charge >= 0.3 is 0 Å². The number of fused-ring (bicyclic) bond motifs is 1. The van der Waals surface area contributed by atoms with Crippen LogP contribution in [0.4, 0.5) is 0 Å². The number of rotatable bonds is 3. The summed E-state index contributed by atoms with van der Waals surface area (Å²) < 4.78 is 1.90. The number of imidazole rings is 1. The molecule has 2 rings (SSSR count). The fourth-order valence-corrected chi connectivity index (χ4v) is 1.44. The van der Waals surface area contributed by atoms with Gasteiger partial charge in [0.2, 0.25) is 5.78 Å². The predicted molar refractivity (Wildman–Crippen MR) is 58.2 cm³/mol. The molecular formula is C11H12N4. The topological polar surface area (TPSA) is 33.4 Å². The number of terminal acetylenes is 1. The molecule has 0 unspecified atom stereocenters. The molecule has 0 aromatic carbocycles. The summed E-state index contributed by atoms with van der Waals surface area (Å²) in [4.78, 5) is 10.6. The van der Waals surface area contributed by atoms with Gasteiger partial charge in [-0.3, -0.25) is 9.30 Å².